The predicted molar refractivity (Wildman–Crippen MR) is 76.0 cm³/mol. The lowest BCUT2D eigenvalue weighted by molar-refractivity contribution is 0.593. The molecule has 0 amide bonds. The Morgan fingerprint density at radius 3 is 2.67 bits per heavy atom. The Labute approximate surface area is 115 Å². The van der Waals surface area contributed by atoms with E-state index in [1.54, 1.807) is 18.2 Å². The monoisotopic (exact) mass is 307 g/mol. The van der Waals surface area contributed by atoms with Gasteiger partial charge in [0, 0.05) is 5.56 Å². The molecule has 2 rings (SSSR count). The van der Waals surface area contributed by atoms with E-state index >= 15 is 0 Å². The Bertz CT molecular complexity index is 554. The van der Waals surface area contributed by atoms with Crippen molar-refractivity contribution >= 4 is 15.9 Å². The number of hydrogen-bond acceptors (Lipinski definition) is 1. The molecule has 0 aliphatic heterocycles. The summed E-state index contributed by atoms with van der Waals surface area (Å²) in [6, 6.07) is 12.7. The van der Waals surface area contributed by atoms with Crippen molar-refractivity contribution in [1.82, 2.24) is 0 Å². The molecular formula is C15H15BrFN. The summed E-state index contributed by atoms with van der Waals surface area (Å²) >= 11 is 3.18. The zero-order valence-corrected chi connectivity index (χ0v) is 11.7. The van der Waals surface area contributed by atoms with Crippen molar-refractivity contribution in [1.29, 1.82) is 0 Å². The fourth-order valence-electron chi connectivity index (χ4n) is 1.95. The first-order valence-electron chi connectivity index (χ1n) is 5.91. The van der Waals surface area contributed by atoms with Crippen LogP contribution in [0.5, 0.6) is 0 Å². The minimum atomic E-state index is -0.436. The van der Waals surface area contributed by atoms with Gasteiger partial charge >= 0.3 is 0 Å². The minimum absolute atomic E-state index is 0.285. The molecule has 1 atom stereocenters. The highest BCUT2D eigenvalue weighted by Crippen LogP contribution is 2.27. The van der Waals surface area contributed by atoms with Gasteiger partial charge in [-0.3, -0.25) is 0 Å². The number of rotatable bonds is 3. The maximum Gasteiger partial charge on any atom is 0.142 e. The van der Waals surface area contributed by atoms with Crippen LogP contribution >= 0.6 is 15.9 Å². The van der Waals surface area contributed by atoms with Gasteiger partial charge < -0.3 is 5.73 Å². The van der Waals surface area contributed by atoms with E-state index < -0.39 is 6.04 Å². The Balaban J connectivity index is 2.41. The Kier molecular flexibility index (Phi) is 4.15. The van der Waals surface area contributed by atoms with Crippen LogP contribution in [0.25, 0.3) is 0 Å². The fourth-order valence-corrected chi connectivity index (χ4v) is 2.33. The minimum Gasteiger partial charge on any atom is -0.320 e. The third kappa shape index (κ3) is 2.62. The van der Waals surface area contributed by atoms with Crippen LogP contribution in [0.2, 0.25) is 0 Å². The van der Waals surface area contributed by atoms with Crippen LogP contribution in [0.1, 0.15) is 29.7 Å². The molecule has 1 unspecified atom stereocenters. The lowest BCUT2D eigenvalue weighted by Gasteiger charge is -2.15. The number of aryl methyl sites for hydroxylation is 1. The van der Waals surface area contributed by atoms with Gasteiger partial charge in [0.15, 0.2) is 0 Å². The van der Waals surface area contributed by atoms with Crippen molar-refractivity contribution in [3.05, 3.63) is 69.4 Å². The van der Waals surface area contributed by atoms with E-state index in [0.29, 0.717) is 10.0 Å². The summed E-state index contributed by atoms with van der Waals surface area (Å²) in [5.74, 6) is -0.285. The molecule has 0 bridgehead atoms. The highest BCUT2D eigenvalue weighted by Gasteiger charge is 2.15. The first kappa shape index (κ1) is 13.2. The molecule has 2 aromatic rings. The number of benzene rings is 2. The van der Waals surface area contributed by atoms with Gasteiger partial charge in [-0.05, 0) is 39.5 Å². The first-order valence-corrected chi connectivity index (χ1v) is 6.71. The molecule has 2 aromatic carbocycles. The fraction of sp³-hybridized carbons (Fsp3) is 0.200. The van der Waals surface area contributed by atoms with Gasteiger partial charge in [0.2, 0.25) is 0 Å². The van der Waals surface area contributed by atoms with Gasteiger partial charge in [0.05, 0.1) is 10.5 Å². The Hall–Kier alpha value is -1.19. The summed E-state index contributed by atoms with van der Waals surface area (Å²) in [4.78, 5) is 0. The van der Waals surface area contributed by atoms with Crippen molar-refractivity contribution in [2.75, 3.05) is 0 Å². The largest absolute Gasteiger partial charge is 0.320 e. The maximum absolute atomic E-state index is 14.0. The second-order valence-corrected chi connectivity index (χ2v) is 5.07. The van der Waals surface area contributed by atoms with Crippen LogP contribution < -0.4 is 5.73 Å². The standard InChI is InChI=1S/C15H15BrFN/c1-2-10-5-3-6-11(9-10)15(18)12-7-4-8-13(16)14(12)17/h3-9,15H,2,18H2,1H3. The topological polar surface area (TPSA) is 26.0 Å². The number of halogens is 2. The molecule has 0 heterocycles. The van der Waals surface area contributed by atoms with Gasteiger partial charge in [-0.25, -0.2) is 4.39 Å². The summed E-state index contributed by atoms with van der Waals surface area (Å²) in [5, 5.41) is 0. The van der Waals surface area contributed by atoms with Crippen LogP contribution in [-0.2, 0) is 6.42 Å². The lowest BCUT2D eigenvalue weighted by Crippen LogP contribution is -2.14. The quantitative estimate of drug-likeness (QED) is 0.903. The first-order chi connectivity index (χ1) is 8.63. The third-order valence-electron chi connectivity index (χ3n) is 3.03. The third-order valence-corrected chi connectivity index (χ3v) is 3.65. The Morgan fingerprint density at radius 2 is 1.94 bits per heavy atom. The molecule has 94 valence electrons. The number of hydrogen-bond donors (Lipinski definition) is 1. The number of nitrogens with two attached hydrogens (primary N) is 1. The van der Waals surface area contributed by atoms with Crippen molar-refractivity contribution in [2.24, 2.45) is 5.73 Å². The van der Waals surface area contributed by atoms with Gasteiger partial charge in [0.1, 0.15) is 5.82 Å². The Morgan fingerprint density at radius 1 is 1.22 bits per heavy atom. The van der Waals surface area contributed by atoms with Gasteiger partial charge in [-0.1, -0.05) is 43.3 Å². The van der Waals surface area contributed by atoms with E-state index in [9.17, 15) is 4.39 Å². The van der Waals surface area contributed by atoms with E-state index in [2.05, 4.69) is 22.9 Å². The SMILES string of the molecule is CCc1cccc(C(N)c2cccc(Br)c2F)c1. The molecule has 3 heteroatoms. The molecule has 0 saturated carbocycles. The van der Waals surface area contributed by atoms with Crippen LogP contribution in [0.15, 0.2) is 46.9 Å². The van der Waals surface area contributed by atoms with E-state index in [4.69, 9.17) is 5.73 Å². The summed E-state index contributed by atoms with van der Waals surface area (Å²) in [6.45, 7) is 2.09. The highest BCUT2D eigenvalue weighted by molar-refractivity contribution is 9.10. The molecule has 0 spiro atoms. The summed E-state index contributed by atoms with van der Waals surface area (Å²) < 4.78 is 14.4. The lowest BCUT2D eigenvalue weighted by atomic mass is 9.97. The highest BCUT2D eigenvalue weighted by atomic mass is 79.9. The zero-order valence-electron chi connectivity index (χ0n) is 10.2. The van der Waals surface area contributed by atoms with Crippen molar-refractivity contribution in [3.8, 4) is 0 Å². The predicted octanol–water partition coefficient (Wildman–Crippen LogP) is 4.20. The molecule has 0 radical (unpaired) electrons. The summed E-state index contributed by atoms with van der Waals surface area (Å²) in [6.07, 6.45) is 0.946. The second-order valence-electron chi connectivity index (χ2n) is 4.22. The molecule has 0 fully saturated rings. The van der Waals surface area contributed by atoms with Gasteiger partial charge in [0.25, 0.3) is 0 Å². The second kappa shape index (κ2) is 5.63. The average molecular weight is 308 g/mol. The van der Waals surface area contributed by atoms with Crippen LogP contribution in [0, 0.1) is 5.82 Å². The summed E-state index contributed by atoms with van der Waals surface area (Å²) in [5.41, 5.74) is 8.80. The van der Waals surface area contributed by atoms with Crippen molar-refractivity contribution in [3.63, 3.8) is 0 Å². The van der Waals surface area contributed by atoms with Crippen LogP contribution in [0.3, 0.4) is 0 Å². The van der Waals surface area contributed by atoms with Crippen molar-refractivity contribution in [2.45, 2.75) is 19.4 Å². The van der Waals surface area contributed by atoms with Crippen LogP contribution in [-0.4, -0.2) is 0 Å². The van der Waals surface area contributed by atoms with E-state index in [-0.39, 0.29) is 5.82 Å². The normalized spacial score (nSPS) is 12.4. The van der Waals surface area contributed by atoms with E-state index in [0.717, 1.165) is 12.0 Å². The maximum atomic E-state index is 14.0. The molecule has 0 aromatic heterocycles. The molecule has 18 heavy (non-hydrogen) atoms. The average Bonchev–Trinajstić information content (AvgIpc) is 2.41. The van der Waals surface area contributed by atoms with Crippen LogP contribution in [0.4, 0.5) is 4.39 Å². The zero-order chi connectivity index (χ0) is 13.1. The molecule has 1 nitrogen and oxygen atoms in total. The van der Waals surface area contributed by atoms with Crippen molar-refractivity contribution < 1.29 is 4.39 Å². The van der Waals surface area contributed by atoms with E-state index in [1.807, 2.05) is 24.3 Å². The smallest absolute Gasteiger partial charge is 0.142 e. The summed E-state index contributed by atoms with van der Waals surface area (Å²) in [7, 11) is 0. The molecule has 0 saturated heterocycles. The molecular weight excluding hydrogens is 293 g/mol. The van der Waals surface area contributed by atoms with E-state index in [1.165, 1.54) is 5.56 Å². The molecule has 2 N–H and O–H groups in total. The van der Waals surface area contributed by atoms with Gasteiger partial charge in [-0.2, -0.15) is 0 Å². The molecule has 0 aliphatic rings. The molecule has 0 aliphatic carbocycles. The van der Waals surface area contributed by atoms with Gasteiger partial charge in [-0.15, -0.1) is 0 Å².